The zero-order valence-corrected chi connectivity index (χ0v) is 17.4. The van der Waals surface area contributed by atoms with Crippen LogP contribution < -0.4 is 14.8 Å². The molecule has 1 aromatic rings. The van der Waals surface area contributed by atoms with Crippen LogP contribution in [0.3, 0.4) is 0 Å². The Hall–Kier alpha value is -2.48. The number of nitrogens with zero attached hydrogens (tertiary/aromatic N) is 2. The van der Waals surface area contributed by atoms with Crippen molar-refractivity contribution in [1.29, 1.82) is 0 Å². The van der Waals surface area contributed by atoms with E-state index in [0.717, 1.165) is 43.0 Å². The van der Waals surface area contributed by atoms with E-state index in [2.05, 4.69) is 10.2 Å². The van der Waals surface area contributed by atoms with Crippen LogP contribution in [-0.2, 0) is 11.2 Å². The summed E-state index contributed by atoms with van der Waals surface area (Å²) in [6.45, 7) is 4.43. The highest BCUT2D eigenvalue weighted by molar-refractivity contribution is 5.74. The van der Waals surface area contributed by atoms with Crippen molar-refractivity contribution in [2.75, 3.05) is 46.9 Å². The third-order valence-electron chi connectivity index (χ3n) is 5.51. The quantitative estimate of drug-likeness (QED) is 0.703. The van der Waals surface area contributed by atoms with Crippen LogP contribution in [0.1, 0.15) is 31.2 Å². The summed E-state index contributed by atoms with van der Waals surface area (Å²) >= 11 is 0. The molecule has 2 fully saturated rings. The number of carbonyl (C=O) groups excluding carboxylic acids is 1. The van der Waals surface area contributed by atoms with Crippen molar-refractivity contribution in [3.63, 3.8) is 0 Å². The molecule has 162 valence electrons. The number of urea groups is 1. The van der Waals surface area contributed by atoms with E-state index >= 15 is 0 Å². The Bertz CT molecular complexity index is 649. The maximum atomic E-state index is 12.5. The molecular weight excluding hydrogens is 374 g/mol. The Morgan fingerprint density at radius 2 is 1.93 bits per heavy atom. The number of nitrogens with one attached hydrogen (secondary N) is 1. The number of rotatable bonds is 6. The fraction of sp³-hybridized carbons (Fsp3) is 0.619. The third kappa shape index (κ3) is 6.52. The molecule has 2 amide bonds. The number of carbonyl (C=O) groups is 2. The Kier molecular flexibility index (Phi) is 9.56. The van der Waals surface area contributed by atoms with Gasteiger partial charge in [0.15, 0.2) is 11.5 Å². The summed E-state index contributed by atoms with van der Waals surface area (Å²) < 4.78 is 10.8. The summed E-state index contributed by atoms with van der Waals surface area (Å²) in [5.74, 6) is 1.47. The van der Waals surface area contributed by atoms with Crippen LogP contribution in [0.4, 0.5) is 4.79 Å². The topological polar surface area (TPSA) is 91.3 Å². The number of likely N-dealkylation sites (tertiary alicyclic amines) is 2. The lowest BCUT2D eigenvalue weighted by molar-refractivity contribution is -0.122. The molecule has 1 aromatic carbocycles. The van der Waals surface area contributed by atoms with Crippen molar-refractivity contribution in [3.05, 3.63) is 23.8 Å². The number of ether oxygens (including phenoxy) is 2. The number of hydrogen-bond acceptors (Lipinski definition) is 5. The fourth-order valence-corrected chi connectivity index (χ4v) is 4.07. The molecule has 29 heavy (non-hydrogen) atoms. The van der Waals surface area contributed by atoms with Crippen LogP contribution in [-0.4, -0.2) is 80.4 Å². The first kappa shape index (κ1) is 22.8. The van der Waals surface area contributed by atoms with Gasteiger partial charge in [-0.25, -0.2) is 4.79 Å². The number of hydrogen-bond donors (Lipinski definition) is 2. The summed E-state index contributed by atoms with van der Waals surface area (Å²) in [5.41, 5.74) is 1.04. The molecule has 3 rings (SSSR count). The second kappa shape index (κ2) is 12.2. The number of benzene rings is 1. The summed E-state index contributed by atoms with van der Waals surface area (Å²) in [6.07, 6.45) is 5.75. The fourth-order valence-electron chi connectivity index (χ4n) is 4.07. The molecule has 2 saturated heterocycles. The van der Waals surface area contributed by atoms with Gasteiger partial charge in [-0.1, -0.05) is 18.6 Å². The van der Waals surface area contributed by atoms with Crippen LogP contribution in [0.25, 0.3) is 0 Å². The van der Waals surface area contributed by atoms with Gasteiger partial charge in [0, 0.05) is 25.7 Å². The highest BCUT2D eigenvalue weighted by atomic mass is 16.5. The number of para-hydroxylation sites is 1. The molecule has 1 atom stereocenters. The van der Waals surface area contributed by atoms with Gasteiger partial charge in [0.2, 0.25) is 0 Å². The molecule has 0 aliphatic carbocycles. The monoisotopic (exact) mass is 407 g/mol. The standard InChI is InChI=1S/C20H31N3O3.CH2O2/c1-25-18-8-6-7-16(19(18)26-2)9-11-21-20(24)23-14-10-17(15-23)22-12-4-3-5-13-22;2-1-3/h6-8,17H,3-5,9-15H2,1-2H3,(H,21,24);1H,(H,2,3). The molecule has 8 heteroatoms. The molecular formula is C21H33N3O5. The van der Waals surface area contributed by atoms with Crippen molar-refractivity contribution >= 4 is 12.5 Å². The lowest BCUT2D eigenvalue weighted by Gasteiger charge is -2.32. The van der Waals surface area contributed by atoms with Gasteiger partial charge < -0.3 is 24.8 Å². The molecule has 2 N–H and O–H groups in total. The zero-order chi connectivity index (χ0) is 21.1. The van der Waals surface area contributed by atoms with Gasteiger partial charge in [-0.2, -0.15) is 0 Å². The minimum absolute atomic E-state index is 0.0476. The first-order chi connectivity index (χ1) is 14.1. The van der Waals surface area contributed by atoms with E-state index in [1.54, 1.807) is 14.2 Å². The summed E-state index contributed by atoms with van der Waals surface area (Å²) in [6, 6.07) is 6.43. The number of amides is 2. The minimum atomic E-state index is -0.250. The van der Waals surface area contributed by atoms with Crippen molar-refractivity contribution in [2.24, 2.45) is 0 Å². The molecule has 8 nitrogen and oxygen atoms in total. The average molecular weight is 408 g/mol. The van der Waals surface area contributed by atoms with E-state index in [4.69, 9.17) is 19.4 Å². The Labute approximate surface area is 172 Å². The predicted octanol–water partition coefficient (Wildman–Crippen LogP) is 2.22. The van der Waals surface area contributed by atoms with Crippen LogP contribution >= 0.6 is 0 Å². The summed E-state index contributed by atoms with van der Waals surface area (Å²) in [7, 11) is 3.28. The molecule has 0 aromatic heterocycles. The maximum absolute atomic E-state index is 12.5. The first-order valence-electron chi connectivity index (χ1n) is 10.2. The first-order valence-corrected chi connectivity index (χ1v) is 10.2. The van der Waals surface area contributed by atoms with Crippen molar-refractivity contribution in [2.45, 2.75) is 38.1 Å². The molecule has 2 aliphatic rings. The van der Waals surface area contributed by atoms with E-state index in [1.807, 2.05) is 23.1 Å². The van der Waals surface area contributed by atoms with Crippen LogP contribution in [0, 0.1) is 0 Å². The summed E-state index contributed by atoms with van der Waals surface area (Å²) in [5, 5.41) is 9.95. The van der Waals surface area contributed by atoms with Crippen LogP contribution in [0.15, 0.2) is 18.2 Å². The summed E-state index contributed by atoms with van der Waals surface area (Å²) in [4.78, 5) is 25.4. The van der Waals surface area contributed by atoms with Crippen molar-refractivity contribution in [3.8, 4) is 11.5 Å². The van der Waals surface area contributed by atoms with Gasteiger partial charge in [0.05, 0.1) is 14.2 Å². The largest absolute Gasteiger partial charge is 0.493 e. The van der Waals surface area contributed by atoms with Crippen molar-refractivity contribution in [1.82, 2.24) is 15.1 Å². The highest BCUT2D eigenvalue weighted by Crippen LogP contribution is 2.30. The Morgan fingerprint density at radius 1 is 1.21 bits per heavy atom. The van der Waals surface area contributed by atoms with Gasteiger partial charge in [-0.3, -0.25) is 9.69 Å². The Balaban J connectivity index is 0.000000941. The maximum Gasteiger partial charge on any atom is 0.317 e. The molecule has 0 radical (unpaired) electrons. The van der Waals surface area contributed by atoms with Gasteiger partial charge in [0.25, 0.3) is 6.47 Å². The van der Waals surface area contributed by atoms with E-state index in [1.165, 1.54) is 32.4 Å². The van der Waals surface area contributed by atoms with Crippen LogP contribution in [0.2, 0.25) is 0 Å². The lowest BCUT2D eigenvalue weighted by Crippen LogP contribution is -2.44. The van der Waals surface area contributed by atoms with Gasteiger partial charge >= 0.3 is 6.03 Å². The van der Waals surface area contributed by atoms with Gasteiger partial charge in [-0.05, 0) is 50.4 Å². The second-order valence-corrected chi connectivity index (χ2v) is 7.23. The molecule has 0 spiro atoms. The predicted molar refractivity (Wildman–Crippen MR) is 111 cm³/mol. The minimum Gasteiger partial charge on any atom is -0.493 e. The smallest absolute Gasteiger partial charge is 0.317 e. The van der Waals surface area contributed by atoms with E-state index in [0.29, 0.717) is 12.6 Å². The number of methoxy groups -OCH3 is 2. The van der Waals surface area contributed by atoms with Gasteiger partial charge in [-0.15, -0.1) is 0 Å². The van der Waals surface area contributed by atoms with E-state index < -0.39 is 0 Å². The molecule has 1 unspecified atom stereocenters. The highest BCUT2D eigenvalue weighted by Gasteiger charge is 2.30. The molecule has 0 saturated carbocycles. The molecule has 2 heterocycles. The second-order valence-electron chi connectivity index (χ2n) is 7.23. The number of piperidine rings is 1. The molecule has 0 bridgehead atoms. The molecule has 2 aliphatic heterocycles. The van der Waals surface area contributed by atoms with Crippen molar-refractivity contribution < 1.29 is 24.2 Å². The third-order valence-corrected chi connectivity index (χ3v) is 5.51. The van der Waals surface area contributed by atoms with Gasteiger partial charge in [0.1, 0.15) is 0 Å². The number of carboxylic acid groups (broad SMARTS) is 1. The van der Waals surface area contributed by atoms with E-state index in [9.17, 15) is 4.79 Å². The Morgan fingerprint density at radius 3 is 2.59 bits per heavy atom. The lowest BCUT2D eigenvalue weighted by atomic mass is 10.1. The normalized spacial score (nSPS) is 19.1. The average Bonchev–Trinajstić information content (AvgIpc) is 3.25. The SMILES string of the molecule is COc1cccc(CCNC(=O)N2CCC(N3CCCCC3)C2)c1OC.O=CO. The van der Waals surface area contributed by atoms with Crippen LogP contribution in [0.5, 0.6) is 11.5 Å². The van der Waals surface area contributed by atoms with E-state index in [-0.39, 0.29) is 12.5 Å². The zero-order valence-electron chi connectivity index (χ0n) is 17.4.